The van der Waals surface area contributed by atoms with Crippen molar-refractivity contribution in [1.82, 2.24) is 9.80 Å². The molecule has 0 spiro atoms. The minimum atomic E-state index is -0.489. The summed E-state index contributed by atoms with van der Waals surface area (Å²) in [4.78, 5) is 51.9. The molecule has 4 amide bonds. The van der Waals surface area contributed by atoms with Crippen molar-refractivity contribution in [1.29, 1.82) is 0 Å². The number of nitrogens with one attached hydrogen (secondary N) is 1. The summed E-state index contributed by atoms with van der Waals surface area (Å²) in [5, 5.41) is 2.65. The summed E-state index contributed by atoms with van der Waals surface area (Å²) in [5.41, 5.74) is 1.62. The monoisotopic (exact) mass is 379 g/mol. The molecule has 1 aliphatic heterocycles. The first-order valence-corrected chi connectivity index (χ1v) is 9.10. The quantitative estimate of drug-likeness (QED) is 0.781. The molecule has 1 aliphatic rings. The summed E-state index contributed by atoms with van der Waals surface area (Å²) in [5.74, 6) is -1.52. The molecule has 2 aromatic carbocycles. The number of amides is 4. The van der Waals surface area contributed by atoms with E-state index < -0.39 is 17.7 Å². The zero-order chi connectivity index (χ0) is 20.3. The van der Waals surface area contributed by atoms with Gasteiger partial charge in [-0.3, -0.25) is 24.1 Å². The zero-order valence-corrected chi connectivity index (χ0v) is 15.8. The van der Waals surface area contributed by atoms with Crippen LogP contribution in [0.5, 0.6) is 0 Å². The maximum Gasteiger partial charge on any atom is 0.262 e. The first-order valence-electron chi connectivity index (χ1n) is 9.10. The van der Waals surface area contributed by atoms with Crippen LogP contribution in [0.1, 0.15) is 44.9 Å². The Morgan fingerprint density at radius 1 is 0.893 bits per heavy atom. The van der Waals surface area contributed by atoms with Crippen molar-refractivity contribution >= 4 is 29.3 Å². The van der Waals surface area contributed by atoms with Gasteiger partial charge in [0.2, 0.25) is 5.91 Å². The molecule has 0 atom stereocenters. The summed E-state index contributed by atoms with van der Waals surface area (Å²) in [6, 6.07) is 13.0. The highest BCUT2D eigenvalue weighted by Gasteiger charge is 2.36. The predicted molar refractivity (Wildman–Crippen MR) is 104 cm³/mol. The highest BCUT2D eigenvalue weighted by molar-refractivity contribution is 6.22. The standard InChI is InChI=1S/C21H21N3O4/c1-3-23(4-2)19(26)14-9-11-15(12-10-14)22-18(25)13-24-20(27)16-7-5-6-8-17(16)21(24)28/h5-12H,3-4,13H2,1-2H3,(H,22,25). The lowest BCUT2D eigenvalue weighted by Gasteiger charge is -2.18. The number of benzene rings is 2. The second kappa shape index (κ2) is 8.04. The summed E-state index contributed by atoms with van der Waals surface area (Å²) >= 11 is 0. The minimum absolute atomic E-state index is 0.0751. The third kappa shape index (κ3) is 3.64. The van der Waals surface area contributed by atoms with E-state index in [0.29, 0.717) is 35.5 Å². The third-order valence-corrected chi connectivity index (χ3v) is 4.65. The Morgan fingerprint density at radius 2 is 1.43 bits per heavy atom. The fraction of sp³-hybridized carbons (Fsp3) is 0.238. The van der Waals surface area contributed by atoms with Gasteiger partial charge < -0.3 is 10.2 Å². The summed E-state index contributed by atoms with van der Waals surface area (Å²) in [6.07, 6.45) is 0. The maximum absolute atomic E-state index is 12.3. The van der Waals surface area contributed by atoms with E-state index in [4.69, 9.17) is 0 Å². The van der Waals surface area contributed by atoms with Gasteiger partial charge in [0.1, 0.15) is 6.54 Å². The number of fused-ring (bicyclic) bond motifs is 1. The lowest BCUT2D eigenvalue weighted by molar-refractivity contribution is -0.116. The maximum atomic E-state index is 12.3. The van der Waals surface area contributed by atoms with Crippen LogP contribution < -0.4 is 5.32 Å². The van der Waals surface area contributed by atoms with Crippen molar-refractivity contribution in [3.63, 3.8) is 0 Å². The largest absolute Gasteiger partial charge is 0.339 e. The topological polar surface area (TPSA) is 86.8 Å². The average molecular weight is 379 g/mol. The first-order chi connectivity index (χ1) is 13.5. The lowest BCUT2D eigenvalue weighted by Crippen LogP contribution is -2.37. The van der Waals surface area contributed by atoms with Crippen LogP contribution in [0.25, 0.3) is 0 Å². The number of hydrogen-bond donors (Lipinski definition) is 1. The zero-order valence-electron chi connectivity index (χ0n) is 15.8. The molecule has 0 unspecified atom stereocenters. The van der Waals surface area contributed by atoms with E-state index >= 15 is 0 Å². The van der Waals surface area contributed by atoms with Crippen LogP contribution in [-0.4, -0.2) is 53.1 Å². The fourth-order valence-corrected chi connectivity index (χ4v) is 3.12. The lowest BCUT2D eigenvalue weighted by atomic mass is 10.1. The molecular weight excluding hydrogens is 358 g/mol. The summed E-state index contributed by atoms with van der Waals surface area (Å²) in [6.45, 7) is 4.69. The molecular formula is C21H21N3O4. The second-order valence-corrected chi connectivity index (χ2v) is 6.35. The molecule has 0 saturated heterocycles. The number of anilines is 1. The molecule has 0 fully saturated rings. The molecule has 28 heavy (non-hydrogen) atoms. The molecule has 0 aliphatic carbocycles. The van der Waals surface area contributed by atoms with Crippen molar-refractivity contribution in [3.8, 4) is 0 Å². The molecule has 0 saturated carbocycles. The van der Waals surface area contributed by atoms with E-state index in [1.54, 1.807) is 53.4 Å². The van der Waals surface area contributed by atoms with Gasteiger partial charge in [0, 0.05) is 24.3 Å². The molecule has 144 valence electrons. The molecule has 7 nitrogen and oxygen atoms in total. The van der Waals surface area contributed by atoms with E-state index in [1.807, 2.05) is 13.8 Å². The molecule has 0 bridgehead atoms. The Hall–Kier alpha value is -3.48. The van der Waals surface area contributed by atoms with Gasteiger partial charge >= 0.3 is 0 Å². The normalized spacial score (nSPS) is 12.7. The van der Waals surface area contributed by atoms with Crippen molar-refractivity contribution in [2.75, 3.05) is 25.0 Å². The van der Waals surface area contributed by atoms with Gasteiger partial charge in [-0.25, -0.2) is 0 Å². The van der Waals surface area contributed by atoms with Crippen molar-refractivity contribution in [3.05, 3.63) is 65.2 Å². The van der Waals surface area contributed by atoms with E-state index in [2.05, 4.69) is 5.32 Å². The van der Waals surface area contributed by atoms with Gasteiger partial charge in [-0.05, 0) is 50.2 Å². The van der Waals surface area contributed by atoms with Crippen LogP contribution in [0, 0.1) is 0 Å². The average Bonchev–Trinajstić information content (AvgIpc) is 2.94. The number of hydrogen-bond acceptors (Lipinski definition) is 4. The summed E-state index contributed by atoms with van der Waals surface area (Å²) in [7, 11) is 0. The Bertz CT molecular complexity index is 898. The predicted octanol–water partition coefficient (Wildman–Crippen LogP) is 2.40. The Labute approximate surface area is 162 Å². The van der Waals surface area contributed by atoms with Crippen LogP contribution in [-0.2, 0) is 4.79 Å². The van der Waals surface area contributed by atoms with E-state index in [9.17, 15) is 19.2 Å². The highest BCUT2D eigenvalue weighted by Crippen LogP contribution is 2.22. The van der Waals surface area contributed by atoms with Gasteiger partial charge in [-0.1, -0.05) is 12.1 Å². The van der Waals surface area contributed by atoms with Gasteiger partial charge in [-0.2, -0.15) is 0 Å². The number of rotatable bonds is 6. The van der Waals surface area contributed by atoms with Gasteiger partial charge in [-0.15, -0.1) is 0 Å². The van der Waals surface area contributed by atoms with Crippen molar-refractivity contribution < 1.29 is 19.2 Å². The third-order valence-electron chi connectivity index (χ3n) is 4.65. The van der Waals surface area contributed by atoms with Crippen LogP contribution in [0.3, 0.4) is 0 Å². The molecule has 1 N–H and O–H groups in total. The van der Waals surface area contributed by atoms with Gasteiger partial charge in [0.05, 0.1) is 11.1 Å². The number of carbonyl (C=O) groups is 4. The molecule has 3 rings (SSSR count). The van der Waals surface area contributed by atoms with Crippen molar-refractivity contribution in [2.45, 2.75) is 13.8 Å². The SMILES string of the molecule is CCN(CC)C(=O)c1ccc(NC(=O)CN2C(=O)c3ccccc3C2=O)cc1. The van der Waals surface area contributed by atoms with Gasteiger partial charge in [0.15, 0.2) is 0 Å². The van der Waals surface area contributed by atoms with E-state index in [-0.39, 0.29) is 12.5 Å². The van der Waals surface area contributed by atoms with Gasteiger partial charge in [0.25, 0.3) is 17.7 Å². The molecule has 0 radical (unpaired) electrons. The molecule has 7 heteroatoms. The number of carbonyl (C=O) groups excluding carboxylic acids is 4. The Balaban J connectivity index is 1.64. The number of imide groups is 1. The van der Waals surface area contributed by atoms with Crippen molar-refractivity contribution in [2.24, 2.45) is 0 Å². The summed E-state index contributed by atoms with van der Waals surface area (Å²) < 4.78 is 0. The highest BCUT2D eigenvalue weighted by atomic mass is 16.2. The van der Waals surface area contributed by atoms with Crippen LogP contribution in [0.2, 0.25) is 0 Å². The Kier molecular flexibility index (Phi) is 5.54. The minimum Gasteiger partial charge on any atom is -0.339 e. The fourth-order valence-electron chi connectivity index (χ4n) is 3.12. The van der Waals surface area contributed by atoms with E-state index in [0.717, 1.165) is 4.90 Å². The molecule has 2 aromatic rings. The van der Waals surface area contributed by atoms with E-state index in [1.165, 1.54) is 0 Å². The van der Waals surface area contributed by atoms with Crippen LogP contribution in [0.4, 0.5) is 5.69 Å². The number of nitrogens with zero attached hydrogens (tertiary/aromatic N) is 2. The second-order valence-electron chi connectivity index (χ2n) is 6.35. The smallest absolute Gasteiger partial charge is 0.262 e. The molecule has 1 heterocycles. The molecule has 0 aromatic heterocycles. The first kappa shape index (κ1) is 19.3. The Morgan fingerprint density at radius 3 is 1.93 bits per heavy atom. The van der Waals surface area contributed by atoms with Crippen LogP contribution >= 0.6 is 0 Å². The van der Waals surface area contributed by atoms with Crippen LogP contribution in [0.15, 0.2) is 48.5 Å².